The van der Waals surface area contributed by atoms with E-state index in [-0.39, 0.29) is 38.8 Å². The van der Waals surface area contributed by atoms with Gasteiger partial charge < -0.3 is 15.4 Å². The maximum absolute atomic E-state index is 15.8. The Morgan fingerprint density at radius 1 is 1.00 bits per heavy atom. The van der Waals surface area contributed by atoms with Crippen LogP contribution in [0.25, 0.3) is 0 Å². The molecule has 1 heterocycles. The van der Waals surface area contributed by atoms with Crippen molar-refractivity contribution in [3.05, 3.63) is 98.8 Å². The summed E-state index contributed by atoms with van der Waals surface area (Å²) in [6.07, 6.45) is 0.282. The van der Waals surface area contributed by atoms with E-state index in [1.54, 1.807) is 20.8 Å². The minimum atomic E-state index is -1.82. The van der Waals surface area contributed by atoms with Crippen molar-refractivity contribution >= 4 is 40.8 Å². The van der Waals surface area contributed by atoms with Gasteiger partial charge in [-0.15, -0.1) is 0 Å². The number of nitrogens with zero attached hydrogens (tertiary/aromatic N) is 1. The first-order chi connectivity index (χ1) is 20.9. The fraction of sp³-hybridized carbons (Fsp3) is 0.382. The molecule has 3 aromatic carbocycles. The van der Waals surface area contributed by atoms with Crippen LogP contribution < -0.4 is 10.6 Å². The summed E-state index contributed by atoms with van der Waals surface area (Å²) in [5.74, 6) is -5.50. The summed E-state index contributed by atoms with van der Waals surface area (Å²) in [6.45, 7) is 10.7. The lowest BCUT2D eigenvalue weighted by atomic mass is 9.62. The molecule has 6 nitrogen and oxygen atoms in total. The standard InChI is InChI=1S/C34H34Cl2F3N3O3/c1-32(2,3)16-26-34(17-40,22-13-10-18(35)14-25(22)38)27(21-8-7-9-23(36)28(21)39)29(42-26)30(43)41-19-11-12-20(24(37)15-19)31(44)45-33(4,5)6/h7-15,26-27,29,42H,16H2,1-6H3,(H,41,43). The normalized spacial score (nSPS) is 21.7. The van der Waals surface area contributed by atoms with E-state index in [9.17, 15) is 14.9 Å². The predicted octanol–water partition coefficient (Wildman–Crippen LogP) is 8.33. The minimum Gasteiger partial charge on any atom is -0.456 e. The monoisotopic (exact) mass is 659 g/mol. The average Bonchev–Trinajstić information content (AvgIpc) is 3.22. The van der Waals surface area contributed by atoms with Gasteiger partial charge >= 0.3 is 5.97 Å². The SMILES string of the molecule is CC(C)(C)CC1NC(C(=O)Nc2ccc(C(=O)OC(C)(C)C)c(F)c2)C(c2cccc(Cl)c2F)C1(C#N)c1ccc(Cl)cc1F. The fourth-order valence-electron chi connectivity index (χ4n) is 5.87. The van der Waals surface area contributed by atoms with Crippen molar-refractivity contribution in [1.82, 2.24) is 5.32 Å². The van der Waals surface area contributed by atoms with Gasteiger partial charge in [0.1, 0.15) is 28.5 Å². The van der Waals surface area contributed by atoms with E-state index in [0.717, 1.165) is 12.1 Å². The number of nitriles is 1. The first-order valence-corrected chi connectivity index (χ1v) is 15.0. The Hall–Kier alpha value is -3.58. The van der Waals surface area contributed by atoms with Crippen molar-refractivity contribution in [2.45, 2.75) is 77.0 Å². The zero-order valence-electron chi connectivity index (χ0n) is 25.7. The summed E-state index contributed by atoms with van der Waals surface area (Å²) in [4.78, 5) is 26.5. The molecule has 1 aliphatic heterocycles. The lowest BCUT2D eigenvalue weighted by Crippen LogP contribution is -2.45. The molecule has 2 N–H and O–H groups in total. The number of benzene rings is 3. The number of rotatable bonds is 6. The summed E-state index contributed by atoms with van der Waals surface area (Å²) in [7, 11) is 0. The van der Waals surface area contributed by atoms with Crippen molar-refractivity contribution in [3.8, 4) is 6.07 Å². The summed E-state index contributed by atoms with van der Waals surface area (Å²) in [5, 5.41) is 16.6. The van der Waals surface area contributed by atoms with Crippen molar-refractivity contribution in [3.63, 3.8) is 0 Å². The van der Waals surface area contributed by atoms with Gasteiger partial charge in [-0.2, -0.15) is 5.26 Å². The number of hydrogen-bond acceptors (Lipinski definition) is 5. The number of ether oxygens (including phenoxy) is 1. The summed E-state index contributed by atoms with van der Waals surface area (Å²) in [6, 6.07) is 11.7. The lowest BCUT2D eigenvalue weighted by molar-refractivity contribution is -0.118. The number of halogens is 5. The van der Waals surface area contributed by atoms with Gasteiger partial charge in [0.2, 0.25) is 5.91 Å². The van der Waals surface area contributed by atoms with E-state index in [2.05, 4.69) is 16.7 Å². The third-order valence-corrected chi connectivity index (χ3v) is 8.11. The molecule has 1 amide bonds. The highest BCUT2D eigenvalue weighted by atomic mass is 35.5. The van der Waals surface area contributed by atoms with Crippen LogP contribution in [0.4, 0.5) is 18.9 Å². The van der Waals surface area contributed by atoms with Crippen molar-refractivity contribution in [1.29, 1.82) is 5.26 Å². The second-order valence-corrected chi connectivity index (χ2v) is 14.2. The van der Waals surface area contributed by atoms with E-state index in [1.807, 2.05) is 20.8 Å². The molecule has 0 spiro atoms. The van der Waals surface area contributed by atoms with E-state index in [1.165, 1.54) is 42.5 Å². The van der Waals surface area contributed by atoms with Crippen molar-refractivity contribution < 1.29 is 27.5 Å². The average molecular weight is 661 g/mol. The molecule has 4 atom stereocenters. The molecule has 1 saturated heterocycles. The van der Waals surface area contributed by atoms with Crippen LogP contribution in [0.2, 0.25) is 10.0 Å². The molecule has 0 radical (unpaired) electrons. The van der Waals surface area contributed by atoms with Crippen LogP contribution >= 0.6 is 23.2 Å². The van der Waals surface area contributed by atoms with Crippen LogP contribution in [0.1, 0.15) is 75.4 Å². The number of amides is 1. The van der Waals surface area contributed by atoms with Gasteiger partial charge in [-0.25, -0.2) is 18.0 Å². The first-order valence-electron chi connectivity index (χ1n) is 14.3. The Bertz CT molecular complexity index is 1680. The second kappa shape index (κ2) is 12.7. The molecule has 0 bridgehead atoms. The van der Waals surface area contributed by atoms with Gasteiger partial charge in [-0.1, -0.05) is 62.2 Å². The van der Waals surface area contributed by atoms with Crippen molar-refractivity contribution in [2.75, 3.05) is 5.32 Å². The number of nitrogens with one attached hydrogen (secondary N) is 2. The van der Waals surface area contributed by atoms with E-state index < -0.39 is 63.8 Å². The van der Waals surface area contributed by atoms with Crippen LogP contribution in [0.3, 0.4) is 0 Å². The summed E-state index contributed by atoms with van der Waals surface area (Å²) in [5.41, 5.74) is -3.56. The second-order valence-electron chi connectivity index (χ2n) is 13.4. The highest BCUT2D eigenvalue weighted by Gasteiger charge is 2.61. The Morgan fingerprint density at radius 3 is 2.27 bits per heavy atom. The topological polar surface area (TPSA) is 91.2 Å². The summed E-state index contributed by atoms with van der Waals surface area (Å²) >= 11 is 12.2. The Labute approximate surface area is 270 Å². The maximum Gasteiger partial charge on any atom is 0.341 e. The molecule has 11 heteroatoms. The third kappa shape index (κ3) is 7.14. The van der Waals surface area contributed by atoms with Gasteiger partial charge in [0.05, 0.1) is 22.7 Å². The molecule has 4 rings (SSSR count). The highest BCUT2D eigenvalue weighted by molar-refractivity contribution is 6.31. The van der Waals surface area contributed by atoms with E-state index in [0.29, 0.717) is 0 Å². The zero-order valence-corrected chi connectivity index (χ0v) is 27.2. The zero-order chi connectivity index (χ0) is 33.5. The van der Waals surface area contributed by atoms with Gasteiger partial charge in [0, 0.05) is 28.2 Å². The number of carbonyl (C=O) groups excluding carboxylic acids is 2. The van der Waals surface area contributed by atoms with Crippen LogP contribution in [0.5, 0.6) is 0 Å². The van der Waals surface area contributed by atoms with Gasteiger partial charge in [-0.05, 0) is 74.6 Å². The summed E-state index contributed by atoms with van der Waals surface area (Å²) < 4.78 is 51.9. The van der Waals surface area contributed by atoms with Crippen LogP contribution in [0.15, 0.2) is 54.6 Å². The quantitative estimate of drug-likeness (QED) is 0.260. The predicted molar refractivity (Wildman–Crippen MR) is 168 cm³/mol. The molecular weight excluding hydrogens is 626 g/mol. The molecule has 0 aromatic heterocycles. The molecule has 238 valence electrons. The minimum absolute atomic E-state index is 0.00331. The van der Waals surface area contributed by atoms with Crippen LogP contribution in [-0.2, 0) is 14.9 Å². The van der Waals surface area contributed by atoms with E-state index >= 15 is 13.2 Å². The van der Waals surface area contributed by atoms with E-state index in [4.69, 9.17) is 27.9 Å². The molecule has 4 unspecified atom stereocenters. The Morgan fingerprint density at radius 2 is 1.69 bits per heavy atom. The number of anilines is 1. The molecule has 3 aromatic rings. The van der Waals surface area contributed by atoms with Gasteiger partial charge in [0.15, 0.2) is 0 Å². The molecule has 45 heavy (non-hydrogen) atoms. The van der Waals surface area contributed by atoms with Crippen LogP contribution in [0, 0.1) is 34.2 Å². The Balaban J connectivity index is 1.85. The lowest BCUT2D eigenvalue weighted by Gasteiger charge is -2.37. The Kier molecular flexibility index (Phi) is 9.65. The molecule has 0 saturated carbocycles. The molecule has 0 aliphatic carbocycles. The highest BCUT2D eigenvalue weighted by Crippen LogP contribution is 2.53. The third-order valence-electron chi connectivity index (χ3n) is 7.59. The number of esters is 1. The molecule has 1 aliphatic rings. The van der Waals surface area contributed by atoms with Crippen LogP contribution in [-0.4, -0.2) is 29.6 Å². The largest absolute Gasteiger partial charge is 0.456 e. The fourth-order valence-corrected chi connectivity index (χ4v) is 6.21. The molecular formula is C34H34Cl2F3N3O3. The first kappa shape index (κ1) is 34.3. The number of hydrogen-bond donors (Lipinski definition) is 2. The smallest absolute Gasteiger partial charge is 0.341 e. The maximum atomic E-state index is 15.8. The van der Waals surface area contributed by atoms with Gasteiger partial charge in [0.25, 0.3) is 0 Å². The number of carbonyl (C=O) groups is 2. The van der Waals surface area contributed by atoms with Gasteiger partial charge in [-0.3, -0.25) is 4.79 Å². The molecule has 1 fully saturated rings. The van der Waals surface area contributed by atoms with Crippen molar-refractivity contribution in [2.24, 2.45) is 5.41 Å².